The molecule has 0 nitrogen and oxygen atoms in total. The van der Waals surface area contributed by atoms with Gasteiger partial charge in [-0.15, -0.1) is 0 Å². The highest BCUT2D eigenvalue weighted by Crippen LogP contribution is 2.79. The topological polar surface area (TPSA) is 0 Å². The molecule has 3 fully saturated rings. The van der Waals surface area contributed by atoms with Crippen LogP contribution in [0.2, 0.25) is 0 Å². The van der Waals surface area contributed by atoms with Crippen LogP contribution < -0.4 is 0 Å². The summed E-state index contributed by atoms with van der Waals surface area (Å²) in [6.45, 7) is 7.35. The lowest BCUT2D eigenvalue weighted by atomic mass is 9.63. The highest BCUT2D eigenvalue weighted by atomic mass is 14.8. The van der Waals surface area contributed by atoms with Crippen LogP contribution in [0.25, 0.3) is 0 Å². The molecule has 3 aliphatic carbocycles. The molecule has 7 atom stereocenters. The van der Waals surface area contributed by atoms with Crippen molar-refractivity contribution in [1.29, 1.82) is 0 Å². The summed E-state index contributed by atoms with van der Waals surface area (Å²) in [4.78, 5) is 0. The van der Waals surface area contributed by atoms with Gasteiger partial charge in [0.25, 0.3) is 0 Å². The van der Waals surface area contributed by atoms with Crippen LogP contribution in [0.4, 0.5) is 0 Å². The molecule has 0 amide bonds. The molecular weight excluding hydrogens is 132 g/mol. The fourth-order valence-corrected chi connectivity index (χ4v) is 4.55. The summed E-state index contributed by atoms with van der Waals surface area (Å²) in [7, 11) is 0. The maximum absolute atomic E-state index is 2.49. The van der Waals surface area contributed by atoms with Crippen molar-refractivity contribution in [1.82, 2.24) is 0 Å². The second kappa shape index (κ2) is 1.67. The summed E-state index contributed by atoms with van der Waals surface area (Å²) in [6, 6.07) is 0. The van der Waals surface area contributed by atoms with Gasteiger partial charge in [-0.1, -0.05) is 27.2 Å². The zero-order valence-corrected chi connectivity index (χ0v) is 7.75. The Bertz CT molecular complexity index is 185. The Morgan fingerprint density at radius 1 is 0.818 bits per heavy atom. The quantitative estimate of drug-likeness (QED) is 0.539. The minimum absolute atomic E-state index is 1.06. The molecule has 11 heavy (non-hydrogen) atoms. The van der Waals surface area contributed by atoms with Crippen LogP contribution in [0.3, 0.4) is 0 Å². The highest BCUT2D eigenvalue weighted by Gasteiger charge is 2.75. The van der Waals surface area contributed by atoms with Gasteiger partial charge in [0, 0.05) is 0 Å². The second-order valence-electron chi connectivity index (χ2n) is 5.10. The predicted molar refractivity (Wildman–Crippen MR) is 46.1 cm³/mol. The lowest BCUT2D eigenvalue weighted by Crippen LogP contribution is -2.37. The maximum Gasteiger partial charge on any atom is -0.0313 e. The van der Waals surface area contributed by atoms with Crippen LogP contribution in [-0.4, -0.2) is 0 Å². The van der Waals surface area contributed by atoms with Crippen molar-refractivity contribution in [3.8, 4) is 0 Å². The smallest absolute Gasteiger partial charge is 0.0313 e. The van der Waals surface area contributed by atoms with Gasteiger partial charge in [0.05, 0.1) is 0 Å². The van der Waals surface area contributed by atoms with Gasteiger partial charge >= 0.3 is 0 Å². The van der Waals surface area contributed by atoms with Crippen LogP contribution in [0.15, 0.2) is 0 Å². The lowest BCUT2D eigenvalue weighted by molar-refractivity contribution is 0.0603. The Kier molecular flexibility index (Phi) is 0.990. The van der Waals surface area contributed by atoms with Crippen molar-refractivity contribution in [2.45, 2.75) is 27.2 Å². The molecule has 0 heteroatoms. The minimum Gasteiger partial charge on any atom is -0.0651 e. The van der Waals surface area contributed by atoms with E-state index < -0.39 is 0 Å². The first-order chi connectivity index (χ1) is 5.27. The molecule has 0 radical (unpaired) electrons. The van der Waals surface area contributed by atoms with Crippen LogP contribution in [-0.2, 0) is 0 Å². The molecule has 0 aromatic heterocycles. The van der Waals surface area contributed by atoms with E-state index in [1.165, 1.54) is 24.2 Å². The fraction of sp³-hybridized carbons (Fsp3) is 1.00. The number of hydrogen-bond acceptors (Lipinski definition) is 0. The first-order valence-electron chi connectivity index (χ1n) is 5.27. The standard InChI is InChI=1S/C11H18/c1-4-7-8-5(2)6(3)9-10(7)11(8)9/h5-11H,4H2,1-3H3. The summed E-state index contributed by atoms with van der Waals surface area (Å²) in [5.74, 6) is 8.03. The van der Waals surface area contributed by atoms with Crippen LogP contribution in [0.1, 0.15) is 27.2 Å². The Balaban J connectivity index is 1.87. The van der Waals surface area contributed by atoms with E-state index in [0.717, 1.165) is 23.7 Å². The van der Waals surface area contributed by atoms with Crippen LogP contribution in [0.5, 0.6) is 0 Å². The second-order valence-corrected chi connectivity index (χ2v) is 5.10. The Morgan fingerprint density at radius 2 is 1.45 bits per heavy atom. The van der Waals surface area contributed by atoms with Crippen LogP contribution in [0, 0.1) is 41.4 Å². The van der Waals surface area contributed by atoms with Gasteiger partial charge in [-0.05, 0) is 41.4 Å². The van der Waals surface area contributed by atoms with Crippen molar-refractivity contribution in [2.75, 3.05) is 0 Å². The minimum atomic E-state index is 1.06. The van der Waals surface area contributed by atoms with Gasteiger partial charge < -0.3 is 0 Å². The van der Waals surface area contributed by atoms with Gasteiger partial charge in [0.2, 0.25) is 0 Å². The molecular formula is C11H18. The van der Waals surface area contributed by atoms with Crippen LogP contribution >= 0.6 is 0 Å². The third kappa shape index (κ3) is 0.494. The average Bonchev–Trinajstić information content (AvgIpc) is 2.51. The zero-order valence-electron chi connectivity index (χ0n) is 7.75. The van der Waals surface area contributed by atoms with Gasteiger partial charge in [0.15, 0.2) is 0 Å². The molecule has 62 valence electrons. The van der Waals surface area contributed by atoms with Gasteiger partial charge in [-0.2, -0.15) is 0 Å². The van der Waals surface area contributed by atoms with E-state index in [4.69, 9.17) is 0 Å². The summed E-state index contributed by atoms with van der Waals surface area (Å²) in [5, 5.41) is 0. The maximum atomic E-state index is 2.49. The molecule has 0 aliphatic heterocycles. The Labute approximate surface area is 69.4 Å². The molecule has 0 bridgehead atoms. The summed E-state index contributed by atoms with van der Waals surface area (Å²) >= 11 is 0. The lowest BCUT2D eigenvalue weighted by Gasteiger charge is -2.42. The molecule has 0 saturated heterocycles. The number of rotatable bonds is 1. The normalized spacial score (nSPS) is 70.6. The Morgan fingerprint density at radius 3 is 1.91 bits per heavy atom. The summed E-state index contributed by atoms with van der Waals surface area (Å²) < 4.78 is 0. The van der Waals surface area contributed by atoms with Crippen molar-refractivity contribution < 1.29 is 0 Å². The van der Waals surface area contributed by atoms with E-state index >= 15 is 0 Å². The third-order valence-electron chi connectivity index (χ3n) is 5.14. The average molecular weight is 150 g/mol. The molecule has 0 aromatic carbocycles. The predicted octanol–water partition coefficient (Wildman–Crippen LogP) is 2.79. The third-order valence-corrected chi connectivity index (χ3v) is 5.14. The first kappa shape index (κ1) is 6.51. The summed E-state index contributed by atoms with van der Waals surface area (Å²) in [6.07, 6.45) is 1.46. The monoisotopic (exact) mass is 150 g/mol. The first-order valence-corrected chi connectivity index (χ1v) is 5.27. The van der Waals surface area contributed by atoms with E-state index in [1.807, 2.05) is 0 Å². The fourth-order valence-electron chi connectivity index (χ4n) is 4.55. The molecule has 0 spiro atoms. The van der Waals surface area contributed by atoms with Crippen molar-refractivity contribution in [2.24, 2.45) is 41.4 Å². The molecule has 0 aromatic rings. The largest absolute Gasteiger partial charge is 0.0651 e. The Hall–Kier alpha value is 0. The molecule has 7 unspecified atom stereocenters. The number of hydrogen-bond donors (Lipinski definition) is 0. The molecule has 0 N–H and O–H groups in total. The van der Waals surface area contributed by atoms with Gasteiger partial charge in [-0.25, -0.2) is 0 Å². The zero-order chi connectivity index (χ0) is 7.75. The summed E-state index contributed by atoms with van der Waals surface area (Å²) in [5.41, 5.74) is 0. The van der Waals surface area contributed by atoms with Crippen molar-refractivity contribution >= 4 is 0 Å². The number of fused-ring (bicyclic) bond motifs is 1. The van der Waals surface area contributed by atoms with E-state index in [-0.39, 0.29) is 0 Å². The van der Waals surface area contributed by atoms with Crippen molar-refractivity contribution in [3.63, 3.8) is 0 Å². The SMILES string of the molecule is CCC1C2C(C)C(C)C3C1C23. The molecule has 3 aliphatic rings. The molecule has 3 rings (SSSR count). The van der Waals surface area contributed by atoms with Gasteiger partial charge in [0.1, 0.15) is 0 Å². The van der Waals surface area contributed by atoms with E-state index in [9.17, 15) is 0 Å². The van der Waals surface area contributed by atoms with E-state index in [0.29, 0.717) is 0 Å². The van der Waals surface area contributed by atoms with Gasteiger partial charge in [-0.3, -0.25) is 0 Å². The molecule has 0 heterocycles. The van der Waals surface area contributed by atoms with E-state index in [1.54, 1.807) is 0 Å². The molecule has 3 saturated carbocycles. The van der Waals surface area contributed by atoms with Crippen molar-refractivity contribution in [3.05, 3.63) is 0 Å². The highest BCUT2D eigenvalue weighted by molar-refractivity contribution is 5.22. The van der Waals surface area contributed by atoms with E-state index in [2.05, 4.69) is 20.8 Å².